The number of phenols is 1. The molecule has 158 valence electrons. The maximum Gasteiger partial charge on any atom is 0.573 e. The summed E-state index contributed by atoms with van der Waals surface area (Å²) >= 11 is 0. The summed E-state index contributed by atoms with van der Waals surface area (Å²) in [5, 5.41) is 15.7. The Morgan fingerprint density at radius 2 is 1.80 bits per heavy atom. The van der Waals surface area contributed by atoms with Crippen LogP contribution in [-0.2, 0) is 0 Å². The zero-order valence-corrected chi connectivity index (χ0v) is 16.4. The highest BCUT2D eigenvalue weighted by molar-refractivity contribution is 5.68. The van der Waals surface area contributed by atoms with Crippen molar-refractivity contribution in [3.05, 3.63) is 54.6 Å². The molecule has 2 aromatic carbocycles. The molecule has 0 aliphatic carbocycles. The molecule has 1 aromatic heterocycles. The highest BCUT2D eigenvalue weighted by atomic mass is 19.4. The van der Waals surface area contributed by atoms with Gasteiger partial charge in [-0.1, -0.05) is 19.1 Å². The summed E-state index contributed by atoms with van der Waals surface area (Å²) < 4.78 is 41.7. The summed E-state index contributed by atoms with van der Waals surface area (Å²) in [6.45, 7) is 3.98. The van der Waals surface area contributed by atoms with Gasteiger partial charge in [0.25, 0.3) is 0 Å². The number of nitrogens with one attached hydrogen (secondary N) is 2. The van der Waals surface area contributed by atoms with E-state index in [-0.39, 0.29) is 17.5 Å². The van der Waals surface area contributed by atoms with Crippen LogP contribution in [0.4, 0.5) is 30.6 Å². The number of phenolic OH excluding ortho intramolecular Hbond substituents is 1. The number of alkyl halides is 3. The minimum absolute atomic E-state index is 0.0988. The highest BCUT2D eigenvalue weighted by Gasteiger charge is 2.31. The Balaban J connectivity index is 1.97. The molecule has 9 heteroatoms. The number of aromatic nitrogens is 2. The fourth-order valence-electron chi connectivity index (χ4n) is 2.59. The van der Waals surface area contributed by atoms with Gasteiger partial charge in [0.1, 0.15) is 17.3 Å². The fourth-order valence-corrected chi connectivity index (χ4v) is 2.59. The first-order valence-electron chi connectivity index (χ1n) is 9.29. The summed E-state index contributed by atoms with van der Waals surface area (Å²) in [4.78, 5) is 8.89. The van der Waals surface area contributed by atoms with E-state index in [0.717, 1.165) is 6.42 Å². The van der Waals surface area contributed by atoms with Crippen LogP contribution in [0.3, 0.4) is 0 Å². The summed E-state index contributed by atoms with van der Waals surface area (Å²) in [6, 6.07) is 13.7. The van der Waals surface area contributed by atoms with Gasteiger partial charge in [-0.3, -0.25) is 0 Å². The van der Waals surface area contributed by atoms with Crippen LogP contribution in [0.2, 0.25) is 0 Å². The van der Waals surface area contributed by atoms with Gasteiger partial charge >= 0.3 is 6.36 Å². The number of halogens is 3. The number of nitrogens with zero attached hydrogens (tertiary/aromatic N) is 2. The predicted molar refractivity (Wildman–Crippen MR) is 109 cm³/mol. The van der Waals surface area contributed by atoms with Crippen LogP contribution < -0.4 is 15.4 Å². The van der Waals surface area contributed by atoms with E-state index in [9.17, 15) is 18.3 Å². The minimum atomic E-state index is -4.78. The van der Waals surface area contributed by atoms with Gasteiger partial charge in [-0.15, -0.1) is 13.2 Å². The Bertz CT molecular complexity index is 994. The predicted octanol–water partition coefficient (Wildman–Crippen LogP) is 5.70. The van der Waals surface area contributed by atoms with Gasteiger partial charge < -0.3 is 20.5 Å². The molecule has 6 nitrogen and oxygen atoms in total. The first-order valence-corrected chi connectivity index (χ1v) is 9.29. The molecule has 0 fully saturated rings. The van der Waals surface area contributed by atoms with Gasteiger partial charge in [0.15, 0.2) is 0 Å². The average Bonchev–Trinajstić information content (AvgIpc) is 2.68. The van der Waals surface area contributed by atoms with Crippen molar-refractivity contribution in [3.63, 3.8) is 0 Å². The minimum Gasteiger partial charge on any atom is -0.508 e. The number of aromatic hydroxyl groups is 1. The third kappa shape index (κ3) is 6.00. The molecule has 1 atom stereocenters. The van der Waals surface area contributed by atoms with Crippen LogP contribution >= 0.6 is 0 Å². The molecule has 3 N–H and O–H groups in total. The molecule has 0 amide bonds. The van der Waals surface area contributed by atoms with Crippen LogP contribution in [0.25, 0.3) is 11.3 Å². The van der Waals surface area contributed by atoms with Crippen molar-refractivity contribution in [3.8, 4) is 22.8 Å². The third-order valence-corrected chi connectivity index (χ3v) is 4.22. The van der Waals surface area contributed by atoms with Crippen molar-refractivity contribution in [1.29, 1.82) is 0 Å². The molecule has 0 unspecified atom stereocenters. The Morgan fingerprint density at radius 1 is 1.07 bits per heavy atom. The second-order valence-electron chi connectivity index (χ2n) is 6.66. The number of hydrogen-bond acceptors (Lipinski definition) is 6. The van der Waals surface area contributed by atoms with Crippen molar-refractivity contribution in [2.24, 2.45) is 0 Å². The molecule has 3 rings (SSSR count). The standard InChI is InChI=1S/C21H21F3N4O2/c1-3-13(2)25-20-27-18(14-5-4-6-17(11-14)30-21(22,23)24)12-19(28-20)26-15-7-9-16(29)10-8-15/h4-13,29H,3H2,1-2H3,(H2,25,26,27,28)/t13-/m1/s1. The van der Waals surface area contributed by atoms with Crippen LogP contribution in [0.1, 0.15) is 20.3 Å². The van der Waals surface area contributed by atoms with Crippen molar-refractivity contribution in [1.82, 2.24) is 9.97 Å². The highest BCUT2D eigenvalue weighted by Crippen LogP contribution is 2.29. The van der Waals surface area contributed by atoms with Crippen molar-refractivity contribution >= 4 is 17.5 Å². The first-order chi connectivity index (χ1) is 14.2. The Hall–Kier alpha value is -3.49. The zero-order chi connectivity index (χ0) is 21.7. The van der Waals surface area contributed by atoms with Gasteiger partial charge in [-0.2, -0.15) is 4.98 Å². The normalized spacial score (nSPS) is 12.3. The molecular weight excluding hydrogens is 397 g/mol. The fraction of sp³-hybridized carbons (Fsp3) is 0.238. The zero-order valence-electron chi connectivity index (χ0n) is 16.4. The SMILES string of the molecule is CC[C@@H](C)Nc1nc(Nc2ccc(O)cc2)cc(-c2cccc(OC(F)(F)F)c2)n1. The number of benzene rings is 2. The lowest BCUT2D eigenvalue weighted by Crippen LogP contribution is -2.17. The largest absolute Gasteiger partial charge is 0.573 e. The summed E-state index contributed by atoms with van der Waals surface area (Å²) in [6.07, 6.45) is -3.94. The van der Waals surface area contributed by atoms with Gasteiger partial charge in [0.2, 0.25) is 5.95 Å². The molecule has 0 radical (unpaired) electrons. The Kier molecular flexibility index (Phi) is 6.29. The van der Waals surface area contributed by atoms with E-state index in [1.165, 1.54) is 30.3 Å². The van der Waals surface area contributed by atoms with Crippen molar-refractivity contribution < 1.29 is 23.0 Å². The Labute approximate surface area is 171 Å². The lowest BCUT2D eigenvalue weighted by Gasteiger charge is -2.15. The topological polar surface area (TPSA) is 79.3 Å². The van der Waals surface area contributed by atoms with Gasteiger partial charge in [-0.05, 0) is 49.7 Å². The van der Waals surface area contributed by atoms with E-state index in [1.54, 1.807) is 24.3 Å². The number of hydrogen-bond donors (Lipinski definition) is 3. The second kappa shape index (κ2) is 8.89. The molecule has 0 bridgehead atoms. The molecular formula is C21H21F3N4O2. The monoisotopic (exact) mass is 418 g/mol. The van der Waals surface area contributed by atoms with Gasteiger partial charge in [0.05, 0.1) is 5.69 Å². The first kappa shape index (κ1) is 21.2. The van der Waals surface area contributed by atoms with E-state index in [4.69, 9.17) is 0 Å². The Morgan fingerprint density at radius 3 is 2.47 bits per heavy atom. The van der Waals surface area contributed by atoms with E-state index < -0.39 is 6.36 Å². The molecule has 3 aromatic rings. The van der Waals surface area contributed by atoms with E-state index in [0.29, 0.717) is 28.7 Å². The number of rotatable bonds is 7. The van der Waals surface area contributed by atoms with Crippen LogP contribution in [-0.4, -0.2) is 27.5 Å². The van der Waals surface area contributed by atoms with Crippen LogP contribution in [0.15, 0.2) is 54.6 Å². The summed E-state index contributed by atoms with van der Waals surface area (Å²) in [5.41, 5.74) is 1.55. The lowest BCUT2D eigenvalue weighted by atomic mass is 10.1. The molecule has 0 aliphatic rings. The molecule has 0 aliphatic heterocycles. The van der Waals surface area contributed by atoms with E-state index >= 15 is 0 Å². The van der Waals surface area contributed by atoms with Crippen LogP contribution in [0, 0.1) is 0 Å². The maximum absolute atomic E-state index is 12.6. The average molecular weight is 418 g/mol. The third-order valence-electron chi connectivity index (χ3n) is 4.22. The molecule has 0 spiro atoms. The van der Waals surface area contributed by atoms with Gasteiger partial charge in [-0.25, -0.2) is 4.98 Å². The summed E-state index contributed by atoms with van der Waals surface area (Å²) in [5.74, 6) is 0.580. The smallest absolute Gasteiger partial charge is 0.508 e. The summed E-state index contributed by atoms with van der Waals surface area (Å²) in [7, 11) is 0. The van der Waals surface area contributed by atoms with E-state index in [2.05, 4.69) is 25.3 Å². The quantitative estimate of drug-likeness (QED) is 0.427. The van der Waals surface area contributed by atoms with Crippen LogP contribution in [0.5, 0.6) is 11.5 Å². The van der Waals surface area contributed by atoms with Gasteiger partial charge in [0, 0.05) is 23.4 Å². The lowest BCUT2D eigenvalue weighted by molar-refractivity contribution is -0.274. The van der Waals surface area contributed by atoms with Crippen molar-refractivity contribution in [2.75, 3.05) is 10.6 Å². The number of anilines is 3. The number of ether oxygens (including phenoxy) is 1. The van der Waals surface area contributed by atoms with Crippen molar-refractivity contribution in [2.45, 2.75) is 32.7 Å². The molecule has 30 heavy (non-hydrogen) atoms. The second-order valence-corrected chi connectivity index (χ2v) is 6.66. The maximum atomic E-state index is 12.6. The molecule has 0 saturated carbocycles. The molecule has 0 saturated heterocycles. The van der Waals surface area contributed by atoms with E-state index in [1.807, 2.05) is 13.8 Å². The molecule has 1 heterocycles.